The number of carbonyl (C=O) groups is 1. The van der Waals surface area contributed by atoms with Crippen molar-refractivity contribution in [1.29, 1.82) is 0 Å². The molecule has 8 nitrogen and oxygen atoms in total. The highest BCUT2D eigenvalue weighted by Gasteiger charge is 2.45. The van der Waals surface area contributed by atoms with Gasteiger partial charge in [0.2, 0.25) is 0 Å². The lowest BCUT2D eigenvalue weighted by Crippen LogP contribution is -2.43. The summed E-state index contributed by atoms with van der Waals surface area (Å²) in [6.45, 7) is 7.00. The standard InChI is InChI=1S/C23H22O6.C3H5NO/c1-11(2)16-8-14-15(28-16)6-5-12-22(24)21-13-7-18(25-3)19(26-4)9-17(13)27-10-20(21)29-23(12)14;1-2-4-5-3-1/h5-7,9,16,20-21H,1,8,10H2,2-4H3;2H,1,3H2/t16-,20-,21+;/m1./s1. The van der Waals surface area contributed by atoms with E-state index in [4.69, 9.17) is 23.7 Å². The largest absolute Gasteiger partial charge is 0.493 e. The molecule has 0 spiro atoms. The second kappa shape index (κ2) is 8.93. The summed E-state index contributed by atoms with van der Waals surface area (Å²) in [5.41, 5.74) is 3.22. The van der Waals surface area contributed by atoms with Crippen LogP contribution in [0.4, 0.5) is 0 Å². The number of hydrogen-bond acceptors (Lipinski definition) is 8. The summed E-state index contributed by atoms with van der Waals surface area (Å²) in [6, 6.07) is 7.23. The highest BCUT2D eigenvalue weighted by molar-refractivity contribution is 6.06. The van der Waals surface area contributed by atoms with Crippen LogP contribution in [0.15, 0.2) is 41.6 Å². The molecule has 6 rings (SSSR count). The number of fused-ring (bicyclic) bond motifs is 6. The van der Waals surface area contributed by atoms with Gasteiger partial charge < -0.3 is 28.5 Å². The van der Waals surface area contributed by atoms with Crippen molar-refractivity contribution in [3.63, 3.8) is 0 Å². The first-order valence-electron chi connectivity index (χ1n) is 11.2. The highest BCUT2D eigenvalue weighted by atomic mass is 16.6. The smallest absolute Gasteiger partial charge is 0.178 e. The van der Waals surface area contributed by atoms with Crippen LogP contribution in [0, 0.1) is 0 Å². The average Bonchev–Trinajstić information content (AvgIpc) is 3.56. The molecule has 0 aromatic heterocycles. The Hall–Kier alpha value is -3.68. The predicted octanol–water partition coefficient (Wildman–Crippen LogP) is 4.10. The van der Waals surface area contributed by atoms with Gasteiger partial charge in [0.25, 0.3) is 0 Å². The number of nitrogens with zero attached hydrogens (tertiary/aromatic N) is 1. The third-order valence-corrected chi connectivity index (χ3v) is 6.36. The van der Waals surface area contributed by atoms with Crippen molar-refractivity contribution in [3.8, 4) is 28.7 Å². The Kier molecular flexibility index (Phi) is 5.81. The van der Waals surface area contributed by atoms with Crippen LogP contribution in [0.25, 0.3) is 0 Å². The number of rotatable bonds is 3. The van der Waals surface area contributed by atoms with Crippen LogP contribution in [0.5, 0.6) is 28.7 Å². The van der Waals surface area contributed by atoms with E-state index in [1.54, 1.807) is 32.6 Å². The molecule has 0 radical (unpaired) electrons. The van der Waals surface area contributed by atoms with Gasteiger partial charge in [-0.15, -0.1) is 0 Å². The lowest BCUT2D eigenvalue weighted by atomic mass is 9.81. The van der Waals surface area contributed by atoms with E-state index in [0.717, 1.165) is 35.5 Å². The molecule has 2 aromatic rings. The second-order valence-electron chi connectivity index (χ2n) is 8.54. The first-order valence-corrected chi connectivity index (χ1v) is 11.2. The lowest BCUT2D eigenvalue weighted by molar-refractivity contribution is 0.0554. The van der Waals surface area contributed by atoms with Crippen LogP contribution < -0.4 is 23.7 Å². The normalized spacial score (nSPS) is 22.8. The van der Waals surface area contributed by atoms with E-state index >= 15 is 0 Å². The van der Waals surface area contributed by atoms with Crippen LogP contribution in [-0.4, -0.2) is 51.6 Å². The molecular weight excluding hydrogens is 438 g/mol. The molecule has 0 unspecified atom stereocenters. The van der Waals surface area contributed by atoms with Crippen LogP contribution >= 0.6 is 0 Å². The maximum Gasteiger partial charge on any atom is 0.178 e. The Morgan fingerprint density at radius 3 is 2.56 bits per heavy atom. The number of oxime groups is 1. The zero-order valence-electron chi connectivity index (χ0n) is 19.5. The van der Waals surface area contributed by atoms with Gasteiger partial charge in [-0.25, -0.2) is 0 Å². The zero-order valence-corrected chi connectivity index (χ0v) is 19.5. The fraction of sp³-hybridized carbons (Fsp3) is 0.385. The number of ether oxygens (including phenoxy) is 5. The van der Waals surface area contributed by atoms with Crippen molar-refractivity contribution in [1.82, 2.24) is 0 Å². The van der Waals surface area contributed by atoms with Gasteiger partial charge in [0.1, 0.15) is 42.7 Å². The minimum atomic E-state index is -0.455. The number of benzene rings is 2. The summed E-state index contributed by atoms with van der Waals surface area (Å²) in [5.74, 6) is 2.68. The van der Waals surface area contributed by atoms with Gasteiger partial charge in [-0.05, 0) is 30.7 Å². The summed E-state index contributed by atoms with van der Waals surface area (Å²) in [5, 5.41) is 3.46. The van der Waals surface area contributed by atoms with Crippen LogP contribution in [0.3, 0.4) is 0 Å². The average molecular weight is 466 g/mol. The van der Waals surface area contributed by atoms with E-state index in [2.05, 4.69) is 16.6 Å². The van der Waals surface area contributed by atoms with E-state index in [1.807, 2.05) is 19.1 Å². The molecule has 0 N–H and O–H groups in total. The highest BCUT2D eigenvalue weighted by Crippen LogP contribution is 2.49. The Balaban J connectivity index is 0.000000429. The molecule has 2 aromatic carbocycles. The molecule has 8 heteroatoms. The molecule has 4 aliphatic heterocycles. The molecule has 0 saturated carbocycles. The fourth-order valence-corrected chi connectivity index (χ4v) is 4.60. The maximum absolute atomic E-state index is 13.5. The molecule has 0 bridgehead atoms. The first-order chi connectivity index (χ1) is 16.5. The summed E-state index contributed by atoms with van der Waals surface area (Å²) in [6.07, 6.45) is 2.91. The van der Waals surface area contributed by atoms with Gasteiger partial charge in [-0.3, -0.25) is 4.79 Å². The number of ketones is 1. The Morgan fingerprint density at radius 1 is 1.12 bits per heavy atom. The third-order valence-electron chi connectivity index (χ3n) is 6.36. The topological polar surface area (TPSA) is 84.8 Å². The van der Waals surface area contributed by atoms with Crippen LogP contribution in [-0.2, 0) is 11.3 Å². The third kappa shape index (κ3) is 3.73. The molecule has 4 heterocycles. The Morgan fingerprint density at radius 2 is 1.91 bits per heavy atom. The molecule has 34 heavy (non-hydrogen) atoms. The number of carbonyl (C=O) groups excluding carboxylic acids is 1. The number of methoxy groups -OCH3 is 2. The fourth-order valence-electron chi connectivity index (χ4n) is 4.60. The number of Topliss-reactive ketones (excluding diaryl/α,β-unsaturated/α-hetero) is 1. The Labute approximate surface area is 198 Å². The van der Waals surface area contributed by atoms with Crippen LogP contribution in [0.2, 0.25) is 0 Å². The van der Waals surface area contributed by atoms with Crippen molar-refractivity contribution >= 4 is 12.0 Å². The summed E-state index contributed by atoms with van der Waals surface area (Å²) in [4.78, 5) is 18.0. The van der Waals surface area contributed by atoms with Crippen molar-refractivity contribution < 1.29 is 33.3 Å². The molecule has 178 valence electrons. The summed E-state index contributed by atoms with van der Waals surface area (Å²) in [7, 11) is 3.14. The van der Waals surface area contributed by atoms with Crippen LogP contribution in [0.1, 0.15) is 40.7 Å². The van der Waals surface area contributed by atoms with Gasteiger partial charge in [-0.2, -0.15) is 0 Å². The molecule has 3 atom stereocenters. The molecule has 0 saturated heterocycles. The van der Waals surface area contributed by atoms with Crippen molar-refractivity contribution in [2.75, 3.05) is 27.4 Å². The SMILES string of the molecule is C1=NOCC1.C=C(C)[C@H]1Cc2c(ccc3c2O[C@@H]2COc4cc(OC)c(OC)cc4[C@@H]2C3=O)O1. The second-order valence-corrected chi connectivity index (χ2v) is 8.54. The first kappa shape index (κ1) is 22.1. The monoisotopic (exact) mass is 465 g/mol. The van der Waals surface area contributed by atoms with Gasteiger partial charge in [0, 0.05) is 36.2 Å². The number of hydrogen-bond donors (Lipinski definition) is 0. The predicted molar refractivity (Wildman–Crippen MR) is 125 cm³/mol. The van der Waals surface area contributed by atoms with E-state index < -0.39 is 12.0 Å². The minimum absolute atomic E-state index is 0.0228. The lowest BCUT2D eigenvalue weighted by Gasteiger charge is -2.37. The van der Waals surface area contributed by atoms with Crippen molar-refractivity contribution in [2.24, 2.45) is 5.16 Å². The van der Waals surface area contributed by atoms with Gasteiger partial charge in [0.15, 0.2) is 17.3 Å². The van der Waals surface area contributed by atoms with Gasteiger partial charge in [0.05, 0.1) is 25.7 Å². The maximum atomic E-state index is 13.5. The molecule has 0 amide bonds. The van der Waals surface area contributed by atoms with E-state index in [1.165, 1.54) is 0 Å². The van der Waals surface area contributed by atoms with Gasteiger partial charge >= 0.3 is 0 Å². The van der Waals surface area contributed by atoms with E-state index in [-0.39, 0.29) is 18.5 Å². The Bertz CT molecular complexity index is 1170. The van der Waals surface area contributed by atoms with Gasteiger partial charge in [-0.1, -0.05) is 11.7 Å². The quantitative estimate of drug-likeness (QED) is 0.631. The molecular formula is C26H27NO7. The zero-order chi connectivity index (χ0) is 23.8. The molecule has 0 aliphatic carbocycles. The van der Waals surface area contributed by atoms with Crippen molar-refractivity contribution in [2.45, 2.75) is 37.9 Å². The molecule has 0 fully saturated rings. The van der Waals surface area contributed by atoms with E-state index in [0.29, 0.717) is 35.0 Å². The summed E-state index contributed by atoms with van der Waals surface area (Å²) < 4.78 is 29.0. The summed E-state index contributed by atoms with van der Waals surface area (Å²) >= 11 is 0. The van der Waals surface area contributed by atoms with Crippen molar-refractivity contribution in [3.05, 3.63) is 53.1 Å². The molecule has 4 aliphatic rings. The van der Waals surface area contributed by atoms with E-state index in [9.17, 15) is 4.79 Å². The minimum Gasteiger partial charge on any atom is -0.493 e.